The van der Waals surface area contributed by atoms with Gasteiger partial charge in [-0.05, 0) is 35.2 Å². The summed E-state index contributed by atoms with van der Waals surface area (Å²) in [4.78, 5) is 31.2. The molecule has 4 aromatic carbocycles. The molecule has 1 aliphatic rings. The molecule has 6 rings (SSSR count). The predicted octanol–water partition coefficient (Wildman–Crippen LogP) is 7.56. The molecule has 0 bridgehead atoms. The van der Waals surface area contributed by atoms with Crippen molar-refractivity contribution in [1.82, 2.24) is 9.55 Å². The Morgan fingerprint density at radius 1 is 0.822 bits per heavy atom. The van der Waals surface area contributed by atoms with Gasteiger partial charge in [0.2, 0.25) is 0 Å². The van der Waals surface area contributed by atoms with E-state index in [2.05, 4.69) is 17.1 Å². The first-order valence-corrected chi connectivity index (χ1v) is 14.5. The van der Waals surface area contributed by atoms with E-state index in [1.165, 1.54) is 7.11 Å². The molecule has 0 amide bonds. The first-order valence-electron chi connectivity index (χ1n) is 14.5. The molecule has 8 heteroatoms. The summed E-state index contributed by atoms with van der Waals surface area (Å²) in [7, 11) is 2.84. The highest BCUT2D eigenvalue weighted by atomic mass is 16.7. The molecule has 0 aliphatic heterocycles. The second kappa shape index (κ2) is 12.9. The van der Waals surface area contributed by atoms with E-state index in [4.69, 9.17) is 18.9 Å². The number of methoxy groups -OCH3 is 2. The van der Waals surface area contributed by atoms with Gasteiger partial charge in [-0.15, -0.1) is 0 Å². The molecule has 0 fully saturated rings. The van der Waals surface area contributed by atoms with Crippen molar-refractivity contribution in [2.45, 2.75) is 18.9 Å². The molecule has 8 nitrogen and oxygen atoms in total. The third kappa shape index (κ3) is 5.82. The van der Waals surface area contributed by atoms with Crippen molar-refractivity contribution in [3.8, 4) is 28.1 Å². The second-order valence-electron chi connectivity index (χ2n) is 10.6. The minimum Gasteiger partial charge on any atom is -0.496 e. The highest BCUT2D eigenvalue weighted by molar-refractivity contribution is 5.91. The molecule has 226 valence electrons. The Kier molecular flexibility index (Phi) is 8.46. The number of rotatable bonds is 9. The maximum Gasteiger partial charge on any atom is 0.513 e. The van der Waals surface area contributed by atoms with E-state index < -0.39 is 18.2 Å². The minimum atomic E-state index is -0.926. The monoisotopic (exact) mass is 600 g/mol. The molecule has 5 aromatic rings. The van der Waals surface area contributed by atoms with Crippen molar-refractivity contribution in [3.05, 3.63) is 144 Å². The topological polar surface area (TPSA) is 88.9 Å². The van der Waals surface area contributed by atoms with E-state index in [-0.39, 0.29) is 23.9 Å². The molecular formula is C37H32N2O6. The number of allylic oxidation sites excluding steroid dienone is 1. The molecule has 1 atom stereocenters. The third-order valence-electron chi connectivity index (χ3n) is 8.03. The van der Waals surface area contributed by atoms with E-state index in [0.717, 1.165) is 27.8 Å². The highest BCUT2D eigenvalue weighted by Gasteiger charge is 2.33. The third-order valence-corrected chi connectivity index (χ3v) is 8.03. The fraction of sp³-hybridized carbons (Fsp3) is 0.162. The number of esters is 1. The van der Waals surface area contributed by atoms with Crippen molar-refractivity contribution in [2.24, 2.45) is 0 Å². The van der Waals surface area contributed by atoms with Crippen LogP contribution in [-0.2, 0) is 19.0 Å². The van der Waals surface area contributed by atoms with Crippen LogP contribution in [0.25, 0.3) is 22.4 Å². The normalized spacial score (nSPS) is 13.2. The quantitative estimate of drug-likeness (QED) is 0.0980. The number of imidazole rings is 1. The number of nitrogens with zero attached hydrogens (tertiary/aromatic N) is 2. The minimum absolute atomic E-state index is 0.0324. The van der Waals surface area contributed by atoms with Crippen LogP contribution in [0.15, 0.2) is 127 Å². The average molecular weight is 601 g/mol. The Labute approximate surface area is 261 Å². The zero-order valence-electron chi connectivity index (χ0n) is 25.2. The first kappa shape index (κ1) is 29.4. The molecule has 0 saturated heterocycles. The summed E-state index contributed by atoms with van der Waals surface area (Å²) in [5.74, 6) is -0.249. The van der Waals surface area contributed by atoms with Crippen LogP contribution >= 0.6 is 0 Å². The summed E-state index contributed by atoms with van der Waals surface area (Å²) in [5, 5.41) is 0. The fourth-order valence-corrected chi connectivity index (χ4v) is 5.95. The van der Waals surface area contributed by atoms with E-state index in [1.54, 1.807) is 31.0 Å². The molecule has 1 heterocycles. The van der Waals surface area contributed by atoms with E-state index >= 15 is 0 Å². The van der Waals surface area contributed by atoms with Gasteiger partial charge in [0.05, 0.1) is 32.3 Å². The van der Waals surface area contributed by atoms with Crippen LogP contribution in [0.2, 0.25) is 0 Å². The summed E-state index contributed by atoms with van der Waals surface area (Å²) >= 11 is 0. The standard InChI is InChI=1S/C37H32N2O6/c1-24(45-37(41)44-22-31-28-17-9-7-15-26(28)27-16-8-10-18-29(27)31)34(36(40)43-3)35(30-19-11-12-20-33(30)42-2)39-21-32(38-23-39)25-13-5-4-6-14-25/h4-21,23,31,35H,22H2,1-3H3. The van der Waals surface area contributed by atoms with Crippen molar-refractivity contribution in [2.75, 3.05) is 20.8 Å². The van der Waals surface area contributed by atoms with Crippen LogP contribution < -0.4 is 4.74 Å². The maximum absolute atomic E-state index is 13.5. The number of hydrogen-bond donors (Lipinski definition) is 0. The van der Waals surface area contributed by atoms with Crippen LogP contribution in [0.1, 0.15) is 35.6 Å². The fourth-order valence-electron chi connectivity index (χ4n) is 5.95. The lowest BCUT2D eigenvalue weighted by molar-refractivity contribution is -0.136. The zero-order chi connectivity index (χ0) is 31.3. The number of para-hydroxylation sites is 1. The molecule has 0 saturated carbocycles. The van der Waals surface area contributed by atoms with Gasteiger partial charge in [-0.2, -0.15) is 0 Å². The molecule has 0 radical (unpaired) electrons. The Morgan fingerprint density at radius 3 is 2.11 bits per heavy atom. The van der Waals surface area contributed by atoms with E-state index in [0.29, 0.717) is 17.0 Å². The SMILES string of the molecule is COC(=O)C(=C(C)OC(=O)OCC1c2ccccc2-c2ccccc21)C(c1ccccc1OC)n1cnc(-c2ccccc2)c1. The summed E-state index contributed by atoms with van der Waals surface area (Å²) < 4.78 is 24.1. The van der Waals surface area contributed by atoms with Crippen LogP contribution in [0.4, 0.5) is 4.79 Å². The van der Waals surface area contributed by atoms with Gasteiger partial charge < -0.3 is 23.5 Å². The van der Waals surface area contributed by atoms with Gasteiger partial charge in [-0.3, -0.25) is 0 Å². The van der Waals surface area contributed by atoms with Crippen LogP contribution in [0, 0.1) is 0 Å². The smallest absolute Gasteiger partial charge is 0.496 e. The maximum atomic E-state index is 13.5. The lowest BCUT2D eigenvalue weighted by Crippen LogP contribution is -2.23. The predicted molar refractivity (Wildman–Crippen MR) is 170 cm³/mol. The number of carbonyl (C=O) groups excluding carboxylic acids is 2. The van der Waals surface area contributed by atoms with Gasteiger partial charge in [-0.25, -0.2) is 14.6 Å². The lowest BCUT2D eigenvalue weighted by Gasteiger charge is -2.24. The number of aromatic nitrogens is 2. The number of ether oxygens (including phenoxy) is 4. The molecule has 45 heavy (non-hydrogen) atoms. The molecular weight excluding hydrogens is 568 g/mol. The van der Waals surface area contributed by atoms with Crippen molar-refractivity contribution in [3.63, 3.8) is 0 Å². The van der Waals surface area contributed by atoms with E-state index in [9.17, 15) is 9.59 Å². The summed E-state index contributed by atoms with van der Waals surface area (Å²) in [6.45, 7) is 1.62. The molecule has 1 aliphatic carbocycles. The summed E-state index contributed by atoms with van der Waals surface area (Å²) in [6.07, 6.45) is 2.53. The Morgan fingerprint density at radius 2 is 1.44 bits per heavy atom. The number of benzene rings is 4. The Bertz CT molecular complexity index is 1830. The second-order valence-corrected chi connectivity index (χ2v) is 10.6. The average Bonchev–Trinajstić information content (AvgIpc) is 3.69. The molecule has 0 N–H and O–H groups in total. The van der Waals surface area contributed by atoms with Crippen molar-refractivity contribution in [1.29, 1.82) is 0 Å². The Balaban J connectivity index is 1.33. The van der Waals surface area contributed by atoms with Crippen LogP contribution in [-0.4, -0.2) is 42.5 Å². The summed E-state index contributed by atoms with van der Waals surface area (Å²) in [5.41, 5.74) is 6.75. The van der Waals surface area contributed by atoms with Crippen LogP contribution in [0.5, 0.6) is 5.75 Å². The number of fused-ring (bicyclic) bond motifs is 3. The zero-order valence-corrected chi connectivity index (χ0v) is 25.2. The van der Waals surface area contributed by atoms with Crippen molar-refractivity contribution >= 4 is 12.1 Å². The number of carbonyl (C=O) groups is 2. The molecule has 1 aromatic heterocycles. The first-order chi connectivity index (χ1) is 22.0. The van der Waals surface area contributed by atoms with E-state index in [1.807, 2.05) is 91.1 Å². The van der Waals surface area contributed by atoms with Gasteiger partial charge in [-0.1, -0.05) is 97.1 Å². The molecule has 0 spiro atoms. The van der Waals surface area contributed by atoms with Crippen molar-refractivity contribution < 1.29 is 28.5 Å². The van der Waals surface area contributed by atoms with Crippen LogP contribution in [0.3, 0.4) is 0 Å². The Hall–Kier alpha value is -5.63. The van der Waals surface area contributed by atoms with Gasteiger partial charge in [0, 0.05) is 23.2 Å². The van der Waals surface area contributed by atoms with Gasteiger partial charge in [0.25, 0.3) is 0 Å². The van der Waals surface area contributed by atoms with Gasteiger partial charge >= 0.3 is 12.1 Å². The highest BCUT2D eigenvalue weighted by Crippen LogP contribution is 2.44. The van der Waals surface area contributed by atoms with Gasteiger partial charge in [0.1, 0.15) is 23.7 Å². The lowest BCUT2D eigenvalue weighted by atomic mass is 9.96. The molecule has 1 unspecified atom stereocenters. The number of hydrogen-bond acceptors (Lipinski definition) is 7. The largest absolute Gasteiger partial charge is 0.513 e. The summed E-state index contributed by atoms with van der Waals surface area (Å²) in [6, 6.07) is 32.4. The van der Waals surface area contributed by atoms with Gasteiger partial charge in [0.15, 0.2) is 0 Å².